The van der Waals surface area contributed by atoms with E-state index in [2.05, 4.69) is 43.0 Å². The van der Waals surface area contributed by atoms with Crippen LogP contribution in [0.15, 0.2) is 36.4 Å². The molecule has 0 spiro atoms. The molecule has 1 fully saturated rings. The van der Waals surface area contributed by atoms with Gasteiger partial charge in [0.05, 0.1) is 12.0 Å². The first-order valence-electron chi connectivity index (χ1n) is 15.0. The van der Waals surface area contributed by atoms with Gasteiger partial charge in [-0.2, -0.15) is 0 Å². The largest absolute Gasteiger partial charge is 0.444 e. The average Bonchev–Trinajstić information content (AvgIpc) is 3.32. The number of carbonyl (C=O) groups excluding carboxylic acids is 2. The number of rotatable bonds is 13. The lowest BCUT2D eigenvalue weighted by Gasteiger charge is -2.48. The predicted molar refractivity (Wildman–Crippen MR) is 169 cm³/mol. The molecule has 3 aromatic rings. The molecule has 1 atom stereocenters. The summed E-state index contributed by atoms with van der Waals surface area (Å²) in [6, 6.07) is 12.5. The van der Waals surface area contributed by atoms with E-state index in [-0.39, 0.29) is 31.0 Å². The summed E-state index contributed by atoms with van der Waals surface area (Å²) in [7, 11) is 1.60. The van der Waals surface area contributed by atoms with E-state index in [9.17, 15) is 9.59 Å². The molecule has 0 unspecified atom stereocenters. The highest BCUT2D eigenvalue weighted by Crippen LogP contribution is 2.41. The van der Waals surface area contributed by atoms with Gasteiger partial charge in [-0.05, 0) is 56.2 Å². The van der Waals surface area contributed by atoms with Gasteiger partial charge < -0.3 is 4.74 Å². The van der Waals surface area contributed by atoms with Gasteiger partial charge in [-0.3, -0.25) is 24.8 Å². The molecule has 6 nitrogen and oxygen atoms in total. The highest BCUT2D eigenvalue weighted by molar-refractivity contribution is 7.25. The molecule has 1 aliphatic rings. The molecule has 1 saturated heterocycles. The number of guanidine groups is 1. The van der Waals surface area contributed by atoms with Crippen molar-refractivity contribution in [1.29, 1.82) is 5.41 Å². The third-order valence-electron chi connectivity index (χ3n) is 8.24. The number of thiophene rings is 1. The van der Waals surface area contributed by atoms with E-state index >= 15 is 0 Å². The summed E-state index contributed by atoms with van der Waals surface area (Å²) in [5, 5.41) is 11.0. The van der Waals surface area contributed by atoms with Crippen molar-refractivity contribution in [1.82, 2.24) is 9.80 Å². The number of amides is 1. The summed E-state index contributed by atoms with van der Waals surface area (Å²) in [5.74, 6) is 5.76. The van der Waals surface area contributed by atoms with E-state index in [0.29, 0.717) is 6.42 Å². The number of hydrogen-bond donors (Lipinski definition) is 1. The maximum absolute atomic E-state index is 13.0. The summed E-state index contributed by atoms with van der Waals surface area (Å²) in [6.45, 7) is 5.96. The number of benzene rings is 2. The topological polar surface area (TPSA) is 73.7 Å². The fourth-order valence-corrected chi connectivity index (χ4v) is 6.69. The second kappa shape index (κ2) is 14.0. The zero-order valence-corrected chi connectivity index (χ0v) is 25.8. The van der Waals surface area contributed by atoms with Gasteiger partial charge in [-0.25, -0.2) is 0 Å². The predicted octanol–water partition coefficient (Wildman–Crippen LogP) is 8.16. The molecule has 2 aromatic carbocycles. The van der Waals surface area contributed by atoms with Crippen LogP contribution in [0.1, 0.15) is 103 Å². The summed E-state index contributed by atoms with van der Waals surface area (Å²) >= 11 is 1.73. The van der Waals surface area contributed by atoms with Gasteiger partial charge in [0.1, 0.15) is 0 Å². The zero-order chi connectivity index (χ0) is 29.4. The van der Waals surface area contributed by atoms with Crippen LogP contribution in [0.5, 0.6) is 0 Å². The van der Waals surface area contributed by atoms with Crippen molar-refractivity contribution in [2.24, 2.45) is 0 Å². The first-order chi connectivity index (χ1) is 19.8. The molecule has 1 amide bonds. The summed E-state index contributed by atoms with van der Waals surface area (Å²) in [5.41, 5.74) is 1.05. The summed E-state index contributed by atoms with van der Waals surface area (Å²) in [6.07, 6.45) is 11.2. The van der Waals surface area contributed by atoms with Crippen molar-refractivity contribution < 1.29 is 14.3 Å². The fraction of sp³-hybridized carbons (Fsp3) is 0.500. The van der Waals surface area contributed by atoms with Crippen molar-refractivity contribution in [3.63, 3.8) is 0 Å². The molecule has 4 rings (SSSR count). The number of fused-ring (bicyclic) bond motifs is 3. The normalized spacial score (nSPS) is 17.3. The molecular weight excluding hydrogens is 530 g/mol. The Hall–Kier alpha value is -3.37. The van der Waals surface area contributed by atoms with E-state index in [1.807, 2.05) is 26.0 Å². The number of unbranched alkanes of at least 4 members (excludes halogenated alkanes) is 8. The second-order valence-electron chi connectivity index (χ2n) is 11.3. The molecule has 2 heterocycles. The van der Waals surface area contributed by atoms with Crippen LogP contribution in [-0.4, -0.2) is 41.4 Å². The van der Waals surface area contributed by atoms with Crippen molar-refractivity contribution in [3.8, 4) is 11.8 Å². The molecule has 7 heteroatoms. The van der Waals surface area contributed by atoms with E-state index in [1.165, 1.54) is 48.1 Å². The van der Waals surface area contributed by atoms with Gasteiger partial charge in [0.25, 0.3) is 0 Å². The van der Waals surface area contributed by atoms with Crippen LogP contribution in [0.3, 0.4) is 0 Å². The highest BCUT2D eigenvalue weighted by atomic mass is 32.1. The molecule has 41 heavy (non-hydrogen) atoms. The van der Waals surface area contributed by atoms with Crippen LogP contribution in [-0.2, 0) is 19.9 Å². The molecule has 0 bridgehead atoms. The van der Waals surface area contributed by atoms with Gasteiger partial charge in [-0.1, -0.05) is 70.3 Å². The van der Waals surface area contributed by atoms with E-state index in [0.717, 1.165) is 45.9 Å². The van der Waals surface area contributed by atoms with Crippen LogP contribution >= 0.6 is 11.3 Å². The Kier molecular flexibility index (Phi) is 10.4. The lowest BCUT2D eigenvalue weighted by atomic mass is 9.84. The molecule has 218 valence electrons. The lowest BCUT2D eigenvalue weighted by molar-refractivity contribution is -0.151. The number of ether oxygens (including phenoxy) is 1. The molecule has 1 N–H and O–H groups in total. The minimum atomic E-state index is -0.831. The average molecular weight is 574 g/mol. The summed E-state index contributed by atoms with van der Waals surface area (Å²) in [4.78, 5) is 28.7. The van der Waals surface area contributed by atoms with Crippen molar-refractivity contribution in [2.75, 3.05) is 13.8 Å². The SMILES string of the molecule is CC#Cc1ccc2sc3ccc([C@]4(C)CC(=O)N(C)C(=N)N4COC(=O)CCCCCCCCCCC)cc3c2c1. The van der Waals surface area contributed by atoms with Gasteiger partial charge in [0.15, 0.2) is 6.73 Å². The molecule has 0 saturated carbocycles. The number of hydrogen-bond acceptors (Lipinski definition) is 5. The van der Waals surface area contributed by atoms with Crippen LogP contribution in [0.2, 0.25) is 0 Å². The van der Waals surface area contributed by atoms with E-state index in [4.69, 9.17) is 10.1 Å². The smallest absolute Gasteiger partial charge is 0.307 e. The minimum Gasteiger partial charge on any atom is -0.444 e. The van der Waals surface area contributed by atoms with Crippen molar-refractivity contribution >= 4 is 49.3 Å². The molecule has 0 aliphatic carbocycles. The number of nitrogens with zero attached hydrogens (tertiary/aromatic N) is 2. The van der Waals surface area contributed by atoms with Crippen LogP contribution in [0.4, 0.5) is 0 Å². The van der Waals surface area contributed by atoms with Gasteiger partial charge >= 0.3 is 5.97 Å². The zero-order valence-electron chi connectivity index (χ0n) is 25.0. The molecule has 0 radical (unpaired) electrons. The first-order valence-corrected chi connectivity index (χ1v) is 15.8. The van der Waals surface area contributed by atoms with Crippen LogP contribution in [0, 0.1) is 17.3 Å². The Morgan fingerprint density at radius 1 is 1.00 bits per heavy atom. The van der Waals surface area contributed by atoms with Crippen molar-refractivity contribution in [2.45, 2.75) is 96.9 Å². The molecule has 1 aliphatic heterocycles. The lowest BCUT2D eigenvalue weighted by Crippen LogP contribution is -2.61. The highest BCUT2D eigenvalue weighted by Gasteiger charge is 2.45. The van der Waals surface area contributed by atoms with Gasteiger partial charge in [0, 0.05) is 39.2 Å². The second-order valence-corrected chi connectivity index (χ2v) is 12.4. The molecule has 1 aromatic heterocycles. The van der Waals surface area contributed by atoms with E-state index in [1.54, 1.807) is 23.3 Å². The summed E-state index contributed by atoms with van der Waals surface area (Å²) < 4.78 is 8.04. The standard InChI is InChI=1S/C34H43N3O3S/c1-5-7-8-9-10-11-12-13-14-16-32(39)40-24-37-33(35)36(4)31(38)23-34(37,3)26-18-20-30-28(22-26)27-21-25(15-6-2)17-19-29(27)41-30/h17-22,35H,5,7-14,16,23-24H2,1-4H3/t34-/m0/s1. The minimum absolute atomic E-state index is 0.0374. The van der Waals surface area contributed by atoms with Crippen molar-refractivity contribution in [3.05, 3.63) is 47.5 Å². The number of nitrogens with one attached hydrogen (secondary N) is 1. The Morgan fingerprint density at radius 3 is 2.32 bits per heavy atom. The number of esters is 1. The third kappa shape index (κ3) is 7.11. The number of carbonyl (C=O) groups is 2. The maximum Gasteiger partial charge on any atom is 0.307 e. The Balaban J connectivity index is 1.46. The Morgan fingerprint density at radius 2 is 1.63 bits per heavy atom. The van der Waals surface area contributed by atoms with Crippen LogP contribution < -0.4 is 0 Å². The molecular formula is C34H43N3O3S. The van der Waals surface area contributed by atoms with E-state index < -0.39 is 5.54 Å². The van der Waals surface area contributed by atoms with Crippen LogP contribution in [0.25, 0.3) is 20.2 Å². The quantitative estimate of drug-likeness (QED) is 0.127. The Labute approximate surface area is 248 Å². The Bertz CT molecular complexity index is 1470. The first kappa shape index (κ1) is 30.6. The third-order valence-corrected chi connectivity index (χ3v) is 9.39. The van der Waals surface area contributed by atoms with Gasteiger partial charge in [0.2, 0.25) is 11.9 Å². The van der Waals surface area contributed by atoms with Gasteiger partial charge in [-0.15, -0.1) is 17.3 Å². The fourth-order valence-electron chi connectivity index (χ4n) is 5.63. The monoisotopic (exact) mass is 573 g/mol. The maximum atomic E-state index is 13.0.